The van der Waals surface area contributed by atoms with Crippen LogP contribution in [0.1, 0.15) is 28.4 Å². The first-order valence-corrected chi connectivity index (χ1v) is 8.83. The number of carbonyl (C=O) groups is 2. The molecule has 1 saturated heterocycles. The Morgan fingerprint density at radius 3 is 2.35 bits per heavy atom. The lowest BCUT2D eigenvalue weighted by Crippen LogP contribution is -2.50. The maximum atomic E-state index is 12.7. The van der Waals surface area contributed by atoms with E-state index < -0.39 is 0 Å². The van der Waals surface area contributed by atoms with E-state index in [1.807, 2.05) is 0 Å². The summed E-state index contributed by atoms with van der Waals surface area (Å²) in [6.07, 6.45) is 1.65. The van der Waals surface area contributed by atoms with Crippen molar-refractivity contribution in [3.8, 4) is 0 Å². The van der Waals surface area contributed by atoms with Gasteiger partial charge in [0.1, 0.15) is 5.82 Å². The molecule has 1 aromatic heterocycles. The van der Waals surface area contributed by atoms with Crippen LogP contribution < -0.4 is 5.32 Å². The van der Waals surface area contributed by atoms with Gasteiger partial charge in [-0.3, -0.25) is 9.59 Å². The molecule has 1 aliphatic rings. The molecular formula is C20H24N4O2. The molecule has 1 aromatic carbocycles. The first-order chi connectivity index (χ1) is 12.5. The second kappa shape index (κ2) is 7.99. The number of piperazine rings is 1. The van der Waals surface area contributed by atoms with E-state index in [2.05, 4.69) is 41.5 Å². The minimum absolute atomic E-state index is 0.0195. The molecule has 1 aliphatic heterocycles. The number of nitrogens with one attached hydrogen (secondary N) is 1. The number of pyridine rings is 1. The standard InChI is InChI=1S/C20H24N4O2/c1-15-3-5-17(6-4-15)14-22-19-13-18(7-8-21-19)20(26)24-11-9-23(10-12-24)16(2)25/h3-8,13H,9-12,14H2,1-2H3,(H,21,22). The van der Waals surface area contributed by atoms with Crippen LogP contribution in [-0.4, -0.2) is 52.8 Å². The second-order valence-electron chi connectivity index (χ2n) is 6.57. The van der Waals surface area contributed by atoms with Crippen LogP contribution in [0.25, 0.3) is 0 Å². The van der Waals surface area contributed by atoms with Crippen LogP contribution in [0, 0.1) is 6.92 Å². The van der Waals surface area contributed by atoms with Crippen LogP contribution in [0.2, 0.25) is 0 Å². The van der Waals surface area contributed by atoms with Gasteiger partial charge < -0.3 is 15.1 Å². The zero-order valence-electron chi connectivity index (χ0n) is 15.2. The predicted octanol–water partition coefficient (Wildman–Crippen LogP) is 2.31. The maximum absolute atomic E-state index is 12.7. The van der Waals surface area contributed by atoms with Crippen LogP contribution in [0.3, 0.4) is 0 Å². The monoisotopic (exact) mass is 352 g/mol. The Balaban J connectivity index is 1.60. The number of carbonyl (C=O) groups excluding carboxylic acids is 2. The third kappa shape index (κ3) is 4.39. The summed E-state index contributed by atoms with van der Waals surface area (Å²) in [6.45, 7) is 6.58. The normalized spacial score (nSPS) is 14.2. The minimum atomic E-state index is -0.0195. The van der Waals surface area contributed by atoms with E-state index in [1.165, 1.54) is 5.56 Å². The third-order valence-electron chi connectivity index (χ3n) is 4.61. The highest BCUT2D eigenvalue weighted by Crippen LogP contribution is 2.13. The van der Waals surface area contributed by atoms with E-state index in [9.17, 15) is 9.59 Å². The van der Waals surface area contributed by atoms with Gasteiger partial charge in [0.15, 0.2) is 0 Å². The van der Waals surface area contributed by atoms with Gasteiger partial charge in [-0.1, -0.05) is 29.8 Å². The fraction of sp³-hybridized carbons (Fsp3) is 0.350. The smallest absolute Gasteiger partial charge is 0.254 e. The molecular weight excluding hydrogens is 328 g/mol. The summed E-state index contributed by atoms with van der Waals surface area (Å²) in [7, 11) is 0. The third-order valence-corrected chi connectivity index (χ3v) is 4.61. The van der Waals surface area contributed by atoms with Gasteiger partial charge in [-0.15, -0.1) is 0 Å². The first kappa shape index (κ1) is 17.9. The van der Waals surface area contributed by atoms with E-state index in [1.54, 1.807) is 35.1 Å². The molecule has 0 radical (unpaired) electrons. The fourth-order valence-electron chi connectivity index (χ4n) is 2.97. The molecule has 6 heteroatoms. The van der Waals surface area contributed by atoms with Gasteiger partial charge in [-0.05, 0) is 24.6 Å². The Labute approximate surface area is 153 Å². The molecule has 136 valence electrons. The molecule has 2 amide bonds. The van der Waals surface area contributed by atoms with Crippen LogP contribution in [-0.2, 0) is 11.3 Å². The summed E-state index contributed by atoms with van der Waals surface area (Å²) in [6, 6.07) is 11.8. The maximum Gasteiger partial charge on any atom is 0.254 e. The number of benzene rings is 1. The number of hydrogen-bond donors (Lipinski definition) is 1. The van der Waals surface area contributed by atoms with Gasteiger partial charge >= 0.3 is 0 Å². The number of aryl methyl sites for hydroxylation is 1. The molecule has 0 atom stereocenters. The molecule has 0 spiro atoms. The van der Waals surface area contributed by atoms with Crippen molar-refractivity contribution in [2.24, 2.45) is 0 Å². The van der Waals surface area contributed by atoms with Crippen LogP contribution in [0.5, 0.6) is 0 Å². The number of aromatic nitrogens is 1. The lowest BCUT2D eigenvalue weighted by molar-refractivity contribution is -0.130. The lowest BCUT2D eigenvalue weighted by atomic mass is 10.1. The average Bonchev–Trinajstić information content (AvgIpc) is 2.67. The predicted molar refractivity (Wildman–Crippen MR) is 101 cm³/mol. The summed E-state index contributed by atoms with van der Waals surface area (Å²) in [5.74, 6) is 0.719. The van der Waals surface area contributed by atoms with E-state index in [-0.39, 0.29) is 11.8 Å². The van der Waals surface area contributed by atoms with Gasteiger partial charge in [0.05, 0.1) is 0 Å². The SMILES string of the molecule is CC(=O)N1CCN(C(=O)c2ccnc(NCc3ccc(C)cc3)c2)CC1. The largest absolute Gasteiger partial charge is 0.366 e. The van der Waals surface area contributed by atoms with Gasteiger partial charge in [0.25, 0.3) is 5.91 Å². The molecule has 0 saturated carbocycles. The summed E-state index contributed by atoms with van der Waals surface area (Å²) >= 11 is 0. The Morgan fingerprint density at radius 1 is 1.04 bits per heavy atom. The van der Waals surface area contributed by atoms with Crippen molar-refractivity contribution in [1.29, 1.82) is 0 Å². The number of anilines is 1. The molecule has 0 aliphatic carbocycles. The van der Waals surface area contributed by atoms with Gasteiger partial charge in [0.2, 0.25) is 5.91 Å². The van der Waals surface area contributed by atoms with E-state index >= 15 is 0 Å². The lowest BCUT2D eigenvalue weighted by Gasteiger charge is -2.34. The van der Waals surface area contributed by atoms with E-state index in [0.717, 1.165) is 5.56 Å². The van der Waals surface area contributed by atoms with E-state index in [4.69, 9.17) is 0 Å². The molecule has 0 bridgehead atoms. The average molecular weight is 352 g/mol. The second-order valence-corrected chi connectivity index (χ2v) is 6.57. The Hall–Kier alpha value is -2.89. The molecule has 2 aromatic rings. The van der Waals surface area contributed by atoms with E-state index in [0.29, 0.717) is 44.1 Å². The van der Waals surface area contributed by atoms with Crippen molar-refractivity contribution in [2.45, 2.75) is 20.4 Å². The van der Waals surface area contributed by atoms with Gasteiger partial charge in [0, 0.05) is 51.4 Å². The summed E-state index contributed by atoms with van der Waals surface area (Å²) < 4.78 is 0. The van der Waals surface area contributed by atoms with Crippen LogP contribution in [0.4, 0.5) is 5.82 Å². The topological polar surface area (TPSA) is 65.5 Å². The number of hydrogen-bond acceptors (Lipinski definition) is 4. The van der Waals surface area contributed by atoms with Crippen molar-refractivity contribution < 1.29 is 9.59 Å². The Bertz CT molecular complexity index is 781. The Kier molecular flexibility index (Phi) is 5.51. The number of rotatable bonds is 4. The molecule has 6 nitrogen and oxygen atoms in total. The first-order valence-electron chi connectivity index (χ1n) is 8.83. The molecule has 2 heterocycles. The minimum Gasteiger partial charge on any atom is -0.366 e. The van der Waals surface area contributed by atoms with Crippen LogP contribution >= 0.6 is 0 Å². The molecule has 26 heavy (non-hydrogen) atoms. The molecule has 3 rings (SSSR count). The van der Waals surface area contributed by atoms with Crippen molar-refractivity contribution in [3.05, 3.63) is 59.3 Å². The van der Waals surface area contributed by atoms with Gasteiger partial charge in [-0.2, -0.15) is 0 Å². The van der Waals surface area contributed by atoms with Crippen molar-refractivity contribution in [3.63, 3.8) is 0 Å². The van der Waals surface area contributed by atoms with Crippen molar-refractivity contribution in [2.75, 3.05) is 31.5 Å². The molecule has 0 unspecified atom stereocenters. The number of nitrogens with zero attached hydrogens (tertiary/aromatic N) is 3. The van der Waals surface area contributed by atoms with Crippen molar-refractivity contribution >= 4 is 17.6 Å². The van der Waals surface area contributed by atoms with Crippen molar-refractivity contribution in [1.82, 2.24) is 14.8 Å². The molecule has 1 fully saturated rings. The summed E-state index contributed by atoms with van der Waals surface area (Å²) in [5.41, 5.74) is 3.00. The highest BCUT2D eigenvalue weighted by molar-refractivity contribution is 5.95. The molecule has 1 N–H and O–H groups in total. The van der Waals surface area contributed by atoms with Gasteiger partial charge in [-0.25, -0.2) is 4.98 Å². The highest BCUT2D eigenvalue weighted by Gasteiger charge is 2.23. The highest BCUT2D eigenvalue weighted by atomic mass is 16.2. The quantitative estimate of drug-likeness (QED) is 0.917. The fourth-order valence-corrected chi connectivity index (χ4v) is 2.97. The Morgan fingerprint density at radius 2 is 1.69 bits per heavy atom. The summed E-state index contributed by atoms with van der Waals surface area (Å²) in [5, 5.41) is 3.27. The zero-order chi connectivity index (χ0) is 18.5. The summed E-state index contributed by atoms with van der Waals surface area (Å²) in [4.78, 5) is 32.0. The van der Waals surface area contributed by atoms with Crippen LogP contribution in [0.15, 0.2) is 42.6 Å². The number of amides is 2. The zero-order valence-corrected chi connectivity index (χ0v) is 15.2.